The zero-order valence-corrected chi connectivity index (χ0v) is 8.30. The van der Waals surface area contributed by atoms with Gasteiger partial charge >= 0.3 is 6.09 Å². The number of methoxy groups -OCH3 is 1. The number of carbonyl (C=O) groups excluding carboxylic acids is 1. The van der Waals surface area contributed by atoms with Gasteiger partial charge < -0.3 is 15.4 Å². The van der Waals surface area contributed by atoms with Gasteiger partial charge in [0.15, 0.2) is 0 Å². The first-order chi connectivity index (χ1) is 6.22. The molecule has 13 heavy (non-hydrogen) atoms. The van der Waals surface area contributed by atoms with Crippen molar-refractivity contribution in [2.75, 3.05) is 13.7 Å². The topological polar surface area (TPSA) is 50.4 Å². The van der Waals surface area contributed by atoms with Crippen molar-refractivity contribution in [1.29, 1.82) is 0 Å². The molecule has 1 saturated heterocycles. The summed E-state index contributed by atoms with van der Waals surface area (Å²) >= 11 is 0. The lowest BCUT2D eigenvalue weighted by molar-refractivity contribution is 0.168. The number of alkyl carbamates (subject to hydrolysis) is 1. The van der Waals surface area contributed by atoms with Crippen molar-refractivity contribution in [3.05, 3.63) is 0 Å². The maximum Gasteiger partial charge on any atom is 0.406 e. The standard InChI is InChI=1S/C9H18N2O2/c1-7-4-3-5-8(11-7)6-10-9(12)13-2/h7-8,11H,3-6H2,1-2H3,(H,10,12). The van der Waals surface area contributed by atoms with Gasteiger partial charge in [-0.05, 0) is 19.8 Å². The Hall–Kier alpha value is -0.770. The summed E-state index contributed by atoms with van der Waals surface area (Å²) in [7, 11) is 1.38. The zero-order chi connectivity index (χ0) is 9.68. The molecule has 1 amide bonds. The molecule has 0 saturated carbocycles. The lowest BCUT2D eigenvalue weighted by atomic mass is 10.00. The van der Waals surface area contributed by atoms with Crippen LogP contribution in [0.4, 0.5) is 4.79 Å². The van der Waals surface area contributed by atoms with Gasteiger partial charge in [0.25, 0.3) is 0 Å². The van der Waals surface area contributed by atoms with E-state index in [1.54, 1.807) is 0 Å². The smallest absolute Gasteiger partial charge is 0.406 e. The van der Waals surface area contributed by atoms with Gasteiger partial charge in [0.1, 0.15) is 0 Å². The average molecular weight is 186 g/mol. The van der Waals surface area contributed by atoms with E-state index in [9.17, 15) is 4.79 Å². The first-order valence-corrected chi connectivity index (χ1v) is 4.80. The molecule has 1 aliphatic heterocycles. The van der Waals surface area contributed by atoms with E-state index in [1.807, 2.05) is 0 Å². The minimum atomic E-state index is -0.347. The van der Waals surface area contributed by atoms with Crippen LogP contribution < -0.4 is 10.6 Å². The van der Waals surface area contributed by atoms with Crippen LogP contribution in [0.3, 0.4) is 0 Å². The lowest BCUT2D eigenvalue weighted by Gasteiger charge is -2.28. The maximum atomic E-state index is 10.8. The summed E-state index contributed by atoms with van der Waals surface area (Å²) in [6.07, 6.45) is 3.25. The maximum absolute atomic E-state index is 10.8. The first kappa shape index (κ1) is 10.3. The number of carbonyl (C=O) groups is 1. The highest BCUT2D eigenvalue weighted by Crippen LogP contribution is 2.11. The summed E-state index contributed by atoms with van der Waals surface area (Å²) in [5, 5.41) is 6.12. The van der Waals surface area contributed by atoms with Crippen molar-refractivity contribution >= 4 is 6.09 Å². The summed E-state index contributed by atoms with van der Waals surface area (Å²) in [6, 6.07) is 0.973. The molecular weight excluding hydrogens is 168 g/mol. The van der Waals surface area contributed by atoms with Gasteiger partial charge in [0.2, 0.25) is 0 Å². The molecule has 1 fully saturated rings. The molecule has 2 N–H and O–H groups in total. The van der Waals surface area contributed by atoms with E-state index in [2.05, 4.69) is 22.3 Å². The van der Waals surface area contributed by atoms with Crippen molar-refractivity contribution in [1.82, 2.24) is 10.6 Å². The van der Waals surface area contributed by atoms with E-state index in [0.29, 0.717) is 18.6 Å². The molecule has 0 bridgehead atoms. The summed E-state index contributed by atoms with van der Waals surface area (Å²) in [5.41, 5.74) is 0. The molecule has 0 aromatic carbocycles. The Labute approximate surface area is 79.0 Å². The Morgan fingerprint density at radius 3 is 3.00 bits per heavy atom. The van der Waals surface area contributed by atoms with Crippen LogP contribution in [-0.2, 0) is 4.74 Å². The Balaban J connectivity index is 2.17. The number of ether oxygens (including phenoxy) is 1. The van der Waals surface area contributed by atoms with Crippen molar-refractivity contribution < 1.29 is 9.53 Å². The van der Waals surface area contributed by atoms with Crippen molar-refractivity contribution in [3.63, 3.8) is 0 Å². The Bertz CT molecular complexity index is 173. The molecule has 1 aliphatic rings. The molecule has 0 radical (unpaired) electrons. The van der Waals surface area contributed by atoms with Gasteiger partial charge in [0, 0.05) is 18.6 Å². The van der Waals surface area contributed by atoms with Crippen LogP contribution in [0.15, 0.2) is 0 Å². The van der Waals surface area contributed by atoms with E-state index in [4.69, 9.17) is 0 Å². The van der Waals surface area contributed by atoms with E-state index in [-0.39, 0.29) is 6.09 Å². The largest absolute Gasteiger partial charge is 0.453 e. The SMILES string of the molecule is COC(=O)NCC1CCCC(C)N1. The third-order valence-corrected chi connectivity index (χ3v) is 2.39. The second-order valence-corrected chi connectivity index (χ2v) is 3.57. The van der Waals surface area contributed by atoms with E-state index in [0.717, 1.165) is 6.42 Å². The van der Waals surface area contributed by atoms with Gasteiger partial charge in [-0.25, -0.2) is 4.79 Å². The van der Waals surface area contributed by atoms with Crippen molar-refractivity contribution in [2.24, 2.45) is 0 Å². The highest BCUT2D eigenvalue weighted by molar-refractivity contribution is 5.66. The van der Waals surface area contributed by atoms with Gasteiger partial charge in [-0.2, -0.15) is 0 Å². The van der Waals surface area contributed by atoms with Crippen molar-refractivity contribution in [3.8, 4) is 0 Å². The van der Waals surface area contributed by atoms with E-state index >= 15 is 0 Å². The Kier molecular flexibility index (Phi) is 4.02. The third-order valence-electron chi connectivity index (χ3n) is 2.39. The minimum absolute atomic E-state index is 0.347. The molecule has 4 heteroatoms. The van der Waals surface area contributed by atoms with Crippen LogP contribution in [0.5, 0.6) is 0 Å². The van der Waals surface area contributed by atoms with Gasteiger partial charge in [-0.15, -0.1) is 0 Å². The average Bonchev–Trinajstić information content (AvgIpc) is 2.14. The lowest BCUT2D eigenvalue weighted by Crippen LogP contribution is -2.47. The molecule has 2 atom stereocenters. The second-order valence-electron chi connectivity index (χ2n) is 3.57. The summed E-state index contributed by atoms with van der Waals surface area (Å²) in [5.74, 6) is 0. The molecule has 76 valence electrons. The molecule has 0 aromatic rings. The Morgan fingerprint density at radius 2 is 2.38 bits per heavy atom. The Morgan fingerprint density at radius 1 is 1.62 bits per heavy atom. The second kappa shape index (κ2) is 5.07. The molecule has 0 aromatic heterocycles. The number of hydrogen-bond donors (Lipinski definition) is 2. The quantitative estimate of drug-likeness (QED) is 0.673. The summed E-state index contributed by atoms with van der Waals surface area (Å²) < 4.78 is 4.49. The fourth-order valence-corrected chi connectivity index (χ4v) is 1.68. The fourth-order valence-electron chi connectivity index (χ4n) is 1.68. The van der Waals surface area contributed by atoms with Crippen molar-refractivity contribution in [2.45, 2.75) is 38.3 Å². The number of hydrogen-bond acceptors (Lipinski definition) is 3. The predicted molar refractivity (Wildman–Crippen MR) is 50.6 cm³/mol. The molecule has 1 heterocycles. The van der Waals surface area contributed by atoms with Crippen LogP contribution in [0.2, 0.25) is 0 Å². The highest BCUT2D eigenvalue weighted by Gasteiger charge is 2.17. The summed E-state index contributed by atoms with van der Waals surface area (Å²) in [4.78, 5) is 10.8. The van der Waals surface area contributed by atoms with Crippen LogP contribution in [0, 0.1) is 0 Å². The molecular formula is C9H18N2O2. The van der Waals surface area contributed by atoms with Crippen LogP contribution >= 0.6 is 0 Å². The monoisotopic (exact) mass is 186 g/mol. The van der Waals surface area contributed by atoms with Gasteiger partial charge in [-0.3, -0.25) is 0 Å². The third kappa shape index (κ3) is 3.63. The van der Waals surface area contributed by atoms with Gasteiger partial charge in [0.05, 0.1) is 7.11 Å². The number of piperidine rings is 1. The molecule has 1 rings (SSSR count). The molecule has 0 spiro atoms. The van der Waals surface area contributed by atoms with E-state index in [1.165, 1.54) is 20.0 Å². The highest BCUT2D eigenvalue weighted by atomic mass is 16.5. The fraction of sp³-hybridized carbons (Fsp3) is 0.889. The van der Waals surface area contributed by atoms with Crippen LogP contribution in [0.25, 0.3) is 0 Å². The first-order valence-electron chi connectivity index (χ1n) is 4.80. The zero-order valence-electron chi connectivity index (χ0n) is 8.30. The number of amides is 1. The minimum Gasteiger partial charge on any atom is -0.453 e. The van der Waals surface area contributed by atoms with Crippen LogP contribution in [-0.4, -0.2) is 31.8 Å². The normalized spacial score (nSPS) is 28.2. The molecule has 2 unspecified atom stereocenters. The predicted octanol–water partition coefficient (Wildman–Crippen LogP) is 0.873. The van der Waals surface area contributed by atoms with Crippen LogP contribution in [0.1, 0.15) is 26.2 Å². The number of nitrogens with one attached hydrogen (secondary N) is 2. The molecule has 4 nitrogen and oxygen atoms in total. The summed E-state index contributed by atoms with van der Waals surface area (Å²) in [6.45, 7) is 2.83. The van der Waals surface area contributed by atoms with E-state index < -0.39 is 0 Å². The number of rotatable bonds is 2. The van der Waals surface area contributed by atoms with Gasteiger partial charge in [-0.1, -0.05) is 6.42 Å². The molecule has 0 aliphatic carbocycles.